The lowest BCUT2D eigenvalue weighted by molar-refractivity contribution is 0.793. The molecule has 0 spiro atoms. The molecule has 4 nitrogen and oxygen atoms in total. The molecule has 1 N–H and O–H groups in total. The topological polar surface area (TPSA) is 50.1 Å². The first kappa shape index (κ1) is 17.9. The van der Waals surface area contributed by atoms with Gasteiger partial charge in [0.15, 0.2) is 0 Å². The highest BCUT2D eigenvalue weighted by atomic mass is 16.1. The van der Waals surface area contributed by atoms with E-state index in [1.807, 2.05) is 49.4 Å². The monoisotopic (exact) mass is 347 g/mol. The number of hydrogen-bond donors (Lipinski definition) is 1. The van der Waals surface area contributed by atoms with Gasteiger partial charge in [0.05, 0.1) is 22.6 Å². The van der Waals surface area contributed by atoms with Gasteiger partial charge >= 0.3 is 0 Å². The summed E-state index contributed by atoms with van der Waals surface area (Å²) in [5, 5.41) is 3.28. The number of hydrogen-bond acceptors (Lipinski definition) is 2. The minimum Gasteiger partial charge on any atom is -0.294 e. The van der Waals surface area contributed by atoms with Crippen LogP contribution in [0.15, 0.2) is 58.3 Å². The molecular weight excluding hydrogens is 322 g/mol. The number of nitrogens with zero attached hydrogens (tertiary/aromatic N) is 2. The van der Waals surface area contributed by atoms with Crippen LogP contribution in [0.25, 0.3) is 5.69 Å². The molecule has 3 rings (SSSR count). The first-order valence-electron chi connectivity index (χ1n) is 9.03. The van der Waals surface area contributed by atoms with Gasteiger partial charge in [0, 0.05) is 5.69 Å². The Bertz CT molecular complexity index is 974. The van der Waals surface area contributed by atoms with Crippen molar-refractivity contribution in [3.63, 3.8) is 0 Å². The lowest BCUT2D eigenvalue weighted by Gasteiger charge is -2.03. The zero-order valence-corrected chi connectivity index (χ0v) is 15.8. The van der Waals surface area contributed by atoms with Gasteiger partial charge in [-0.1, -0.05) is 37.6 Å². The van der Waals surface area contributed by atoms with E-state index in [0.717, 1.165) is 35.6 Å². The van der Waals surface area contributed by atoms with Crippen molar-refractivity contribution in [2.24, 2.45) is 4.99 Å². The van der Waals surface area contributed by atoms with E-state index in [2.05, 4.69) is 31.9 Å². The Balaban J connectivity index is 2.12. The van der Waals surface area contributed by atoms with Crippen molar-refractivity contribution in [2.75, 3.05) is 0 Å². The summed E-state index contributed by atoms with van der Waals surface area (Å²) in [7, 11) is 0. The van der Waals surface area contributed by atoms with Crippen molar-refractivity contribution in [3.05, 3.63) is 81.3 Å². The fourth-order valence-corrected chi connectivity index (χ4v) is 3.31. The van der Waals surface area contributed by atoms with Gasteiger partial charge in [-0.3, -0.25) is 14.9 Å². The van der Waals surface area contributed by atoms with Gasteiger partial charge in [-0.05, 0) is 62.6 Å². The summed E-state index contributed by atoms with van der Waals surface area (Å²) in [4.78, 5) is 17.8. The summed E-state index contributed by atoms with van der Waals surface area (Å²) in [5.74, 6) is 0. The van der Waals surface area contributed by atoms with Crippen LogP contribution in [0.3, 0.4) is 0 Å². The number of nitrogens with one attached hydrogen (secondary N) is 1. The third-order valence-corrected chi connectivity index (χ3v) is 4.34. The number of rotatable bonds is 5. The van der Waals surface area contributed by atoms with Crippen LogP contribution in [0.1, 0.15) is 42.7 Å². The second-order valence-corrected chi connectivity index (χ2v) is 6.73. The molecule has 0 atom stereocenters. The summed E-state index contributed by atoms with van der Waals surface area (Å²) >= 11 is 0. The third kappa shape index (κ3) is 3.69. The average molecular weight is 347 g/mol. The zero-order chi connectivity index (χ0) is 18.7. The van der Waals surface area contributed by atoms with Crippen LogP contribution < -0.4 is 5.56 Å². The highest BCUT2D eigenvalue weighted by Gasteiger charge is 2.17. The van der Waals surface area contributed by atoms with Crippen LogP contribution in [-0.4, -0.2) is 15.5 Å². The van der Waals surface area contributed by atoms with Crippen molar-refractivity contribution in [2.45, 2.75) is 40.5 Å². The fourth-order valence-electron chi connectivity index (χ4n) is 3.31. The molecule has 134 valence electrons. The van der Waals surface area contributed by atoms with Crippen LogP contribution >= 0.6 is 0 Å². The van der Waals surface area contributed by atoms with Crippen LogP contribution in [0.5, 0.6) is 0 Å². The van der Waals surface area contributed by atoms with Crippen molar-refractivity contribution in [1.82, 2.24) is 9.78 Å². The van der Waals surface area contributed by atoms with Gasteiger partial charge in [0.1, 0.15) is 0 Å². The van der Waals surface area contributed by atoms with Crippen molar-refractivity contribution in [1.29, 1.82) is 0 Å². The van der Waals surface area contributed by atoms with E-state index in [1.165, 1.54) is 11.1 Å². The third-order valence-electron chi connectivity index (χ3n) is 4.34. The van der Waals surface area contributed by atoms with E-state index >= 15 is 0 Å². The Morgan fingerprint density at radius 1 is 1.08 bits per heavy atom. The number of aromatic nitrogens is 2. The predicted octanol–water partition coefficient (Wildman–Crippen LogP) is 4.88. The van der Waals surface area contributed by atoms with Gasteiger partial charge < -0.3 is 0 Å². The van der Waals surface area contributed by atoms with Crippen molar-refractivity contribution < 1.29 is 0 Å². The number of benzene rings is 2. The Kier molecular flexibility index (Phi) is 5.21. The highest BCUT2D eigenvalue weighted by molar-refractivity contribution is 6.01. The molecule has 0 saturated carbocycles. The Hall–Kier alpha value is -2.88. The molecule has 0 amide bonds. The Labute approximate surface area is 154 Å². The van der Waals surface area contributed by atoms with E-state index in [0.29, 0.717) is 5.56 Å². The van der Waals surface area contributed by atoms with E-state index in [-0.39, 0.29) is 5.56 Å². The lowest BCUT2D eigenvalue weighted by atomic mass is 10.1. The molecule has 0 saturated heterocycles. The summed E-state index contributed by atoms with van der Waals surface area (Å²) in [6.45, 7) is 8.14. The summed E-state index contributed by atoms with van der Waals surface area (Å²) < 4.78 is 1.61. The van der Waals surface area contributed by atoms with Gasteiger partial charge in [-0.25, -0.2) is 4.68 Å². The second kappa shape index (κ2) is 7.56. The number of aryl methyl sites for hydroxylation is 3. The number of H-pyrrole nitrogens is 1. The maximum atomic E-state index is 13.1. The minimum absolute atomic E-state index is 0.0507. The molecule has 2 aromatic carbocycles. The van der Waals surface area contributed by atoms with Crippen LogP contribution in [0, 0.1) is 13.8 Å². The molecule has 26 heavy (non-hydrogen) atoms. The van der Waals surface area contributed by atoms with Gasteiger partial charge in [0.2, 0.25) is 0 Å². The number of para-hydroxylation sites is 1. The zero-order valence-electron chi connectivity index (χ0n) is 15.8. The summed E-state index contributed by atoms with van der Waals surface area (Å²) in [6.07, 6.45) is 1.77. The lowest BCUT2D eigenvalue weighted by Crippen LogP contribution is -2.19. The molecule has 0 aliphatic rings. The molecule has 0 aliphatic carbocycles. The first-order valence-corrected chi connectivity index (χ1v) is 9.03. The van der Waals surface area contributed by atoms with Gasteiger partial charge in [-0.15, -0.1) is 0 Å². The minimum atomic E-state index is -0.0507. The van der Waals surface area contributed by atoms with Crippen molar-refractivity contribution >= 4 is 11.4 Å². The largest absolute Gasteiger partial charge is 0.294 e. The Morgan fingerprint density at radius 2 is 1.73 bits per heavy atom. The predicted molar refractivity (Wildman–Crippen MR) is 108 cm³/mol. The highest BCUT2D eigenvalue weighted by Crippen LogP contribution is 2.19. The normalized spacial score (nSPS) is 11.8. The van der Waals surface area contributed by atoms with Crippen molar-refractivity contribution in [3.8, 4) is 5.69 Å². The molecule has 1 heterocycles. The van der Waals surface area contributed by atoms with Gasteiger partial charge in [-0.2, -0.15) is 0 Å². The first-order chi connectivity index (χ1) is 12.5. The van der Waals surface area contributed by atoms with E-state index < -0.39 is 0 Å². The van der Waals surface area contributed by atoms with Crippen LogP contribution in [-0.2, 0) is 6.42 Å². The van der Waals surface area contributed by atoms with E-state index in [4.69, 9.17) is 4.99 Å². The SMILES string of the molecule is CCCc1[nH]n(-c2ccccc2)c(=O)c1C(C)=Nc1cc(C)cc(C)c1. The molecule has 0 bridgehead atoms. The standard InChI is InChI=1S/C22H25N3O/c1-5-9-20-21(17(4)23-18-13-15(2)12-16(3)14-18)22(26)25(24-20)19-10-7-6-8-11-19/h6-8,10-14,24H,5,9H2,1-4H3. The average Bonchev–Trinajstić information content (AvgIpc) is 2.91. The second-order valence-electron chi connectivity index (χ2n) is 6.73. The van der Waals surface area contributed by atoms with E-state index in [1.54, 1.807) is 4.68 Å². The summed E-state index contributed by atoms with van der Waals surface area (Å²) in [6, 6.07) is 15.8. The maximum absolute atomic E-state index is 13.1. The molecule has 0 unspecified atom stereocenters. The molecule has 0 aliphatic heterocycles. The van der Waals surface area contributed by atoms with E-state index in [9.17, 15) is 4.79 Å². The Morgan fingerprint density at radius 3 is 2.35 bits per heavy atom. The number of aromatic amines is 1. The molecule has 0 fully saturated rings. The quantitative estimate of drug-likeness (QED) is 0.657. The maximum Gasteiger partial charge on any atom is 0.280 e. The molecule has 3 aromatic rings. The fraction of sp³-hybridized carbons (Fsp3) is 0.273. The van der Waals surface area contributed by atoms with Crippen LogP contribution in [0.4, 0.5) is 5.69 Å². The molecule has 4 heteroatoms. The smallest absolute Gasteiger partial charge is 0.280 e. The molecular formula is C22H25N3O. The molecule has 0 radical (unpaired) electrons. The van der Waals surface area contributed by atoms with Crippen LogP contribution in [0.2, 0.25) is 0 Å². The molecule has 1 aromatic heterocycles. The number of aliphatic imine (C=N–C) groups is 1. The van der Waals surface area contributed by atoms with Gasteiger partial charge in [0.25, 0.3) is 5.56 Å². The summed E-state index contributed by atoms with van der Waals surface area (Å²) in [5.41, 5.74) is 6.36.